The molecule has 0 saturated heterocycles. The number of aryl methyl sites for hydroxylation is 1. The van der Waals surface area contributed by atoms with Crippen LogP contribution in [-0.4, -0.2) is 11.8 Å². The number of Topliss-reactive ketones (excluding diaryl/α,β-unsaturated/α-hetero) is 1. The van der Waals surface area contributed by atoms with Gasteiger partial charge in [0.05, 0.1) is 6.42 Å². The van der Waals surface area contributed by atoms with Gasteiger partial charge in [-0.3, -0.25) is 9.59 Å². The summed E-state index contributed by atoms with van der Waals surface area (Å²) in [5.74, 6) is -0.605. The van der Waals surface area contributed by atoms with Crippen molar-refractivity contribution in [1.82, 2.24) is 0 Å². The summed E-state index contributed by atoms with van der Waals surface area (Å²) in [7, 11) is 0. The number of benzene rings is 2. The van der Waals surface area contributed by atoms with Gasteiger partial charge in [0.2, 0.25) is 0 Å². The first-order valence-corrected chi connectivity index (χ1v) is 6.61. The van der Waals surface area contributed by atoms with Gasteiger partial charge >= 0.3 is 5.97 Å². The Morgan fingerprint density at radius 3 is 2.43 bits per heavy atom. The Morgan fingerprint density at radius 2 is 1.76 bits per heavy atom. The number of halogens is 1. The Morgan fingerprint density at radius 1 is 1.05 bits per heavy atom. The smallest absolute Gasteiger partial charge is 0.311 e. The van der Waals surface area contributed by atoms with Crippen LogP contribution in [0.2, 0.25) is 0 Å². The molecule has 3 nitrogen and oxygen atoms in total. The lowest BCUT2D eigenvalue weighted by Gasteiger charge is -2.05. The lowest BCUT2D eigenvalue weighted by atomic mass is 10.1. The van der Waals surface area contributed by atoms with E-state index in [4.69, 9.17) is 4.74 Å². The van der Waals surface area contributed by atoms with Gasteiger partial charge in [-0.05, 0) is 48.9 Å². The van der Waals surface area contributed by atoms with Gasteiger partial charge in [0.25, 0.3) is 0 Å². The van der Waals surface area contributed by atoms with Gasteiger partial charge in [-0.25, -0.2) is 4.39 Å². The van der Waals surface area contributed by atoms with E-state index in [1.807, 2.05) is 13.0 Å². The number of ether oxygens (including phenoxy) is 1. The van der Waals surface area contributed by atoms with Gasteiger partial charge in [0.1, 0.15) is 11.6 Å². The van der Waals surface area contributed by atoms with E-state index in [0.29, 0.717) is 11.3 Å². The van der Waals surface area contributed by atoms with Crippen LogP contribution in [0.15, 0.2) is 48.5 Å². The van der Waals surface area contributed by atoms with E-state index in [1.165, 1.54) is 24.3 Å². The first kappa shape index (κ1) is 14.9. The van der Waals surface area contributed by atoms with Crippen molar-refractivity contribution in [2.75, 3.05) is 0 Å². The number of rotatable bonds is 5. The van der Waals surface area contributed by atoms with Crippen LogP contribution in [0.5, 0.6) is 5.75 Å². The molecule has 0 fully saturated rings. The summed E-state index contributed by atoms with van der Waals surface area (Å²) in [6.45, 7) is 1.90. The van der Waals surface area contributed by atoms with E-state index in [2.05, 4.69) is 0 Å². The quantitative estimate of drug-likeness (QED) is 0.478. The third kappa shape index (κ3) is 4.53. The van der Waals surface area contributed by atoms with Crippen molar-refractivity contribution in [2.24, 2.45) is 0 Å². The Bertz CT molecular complexity index is 647. The SMILES string of the molecule is Cc1cccc(OC(=O)CCC(=O)c2ccc(F)cc2)c1. The Labute approximate surface area is 122 Å². The highest BCUT2D eigenvalue weighted by atomic mass is 19.1. The van der Waals surface area contributed by atoms with Gasteiger partial charge in [0.15, 0.2) is 5.78 Å². The largest absolute Gasteiger partial charge is 0.427 e. The molecular formula is C17H15FO3. The van der Waals surface area contributed by atoms with Gasteiger partial charge < -0.3 is 4.74 Å². The molecular weight excluding hydrogens is 271 g/mol. The zero-order chi connectivity index (χ0) is 15.2. The molecule has 0 aliphatic carbocycles. The average Bonchev–Trinajstić information content (AvgIpc) is 2.45. The molecule has 2 rings (SSSR count). The van der Waals surface area contributed by atoms with Gasteiger partial charge in [-0.2, -0.15) is 0 Å². The molecule has 0 atom stereocenters. The zero-order valence-electron chi connectivity index (χ0n) is 11.6. The van der Waals surface area contributed by atoms with Crippen LogP contribution in [0.1, 0.15) is 28.8 Å². The maximum absolute atomic E-state index is 12.8. The molecule has 21 heavy (non-hydrogen) atoms. The lowest BCUT2D eigenvalue weighted by Crippen LogP contribution is -2.10. The Kier molecular flexibility index (Phi) is 4.82. The highest BCUT2D eigenvalue weighted by Crippen LogP contribution is 2.14. The van der Waals surface area contributed by atoms with Crippen molar-refractivity contribution in [2.45, 2.75) is 19.8 Å². The van der Waals surface area contributed by atoms with Gasteiger partial charge in [-0.1, -0.05) is 12.1 Å². The van der Waals surface area contributed by atoms with E-state index in [1.54, 1.807) is 18.2 Å². The molecule has 2 aromatic carbocycles. The fourth-order valence-electron chi connectivity index (χ4n) is 1.86. The molecule has 0 unspecified atom stereocenters. The van der Waals surface area contributed by atoms with Crippen LogP contribution in [0.25, 0.3) is 0 Å². The number of hydrogen-bond donors (Lipinski definition) is 0. The van der Waals surface area contributed by atoms with Crippen molar-refractivity contribution >= 4 is 11.8 Å². The van der Waals surface area contributed by atoms with E-state index < -0.39 is 11.8 Å². The summed E-state index contributed by atoms with van der Waals surface area (Å²) in [5.41, 5.74) is 1.38. The van der Waals surface area contributed by atoms with Crippen LogP contribution >= 0.6 is 0 Å². The summed E-state index contributed by atoms with van der Waals surface area (Å²) in [5, 5.41) is 0. The van der Waals surface area contributed by atoms with Gasteiger partial charge in [0, 0.05) is 12.0 Å². The molecule has 0 amide bonds. The summed E-state index contributed by atoms with van der Waals surface area (Å²) in [6, 6.07) is 12.4. The second-order valence-electron chi connectivity index (χ2n) is 4.72. The third-order valence-corrected chi connectivity index (χ3v) is 2.94. The highest BCUT2D eigenvalue weighted by Gasteiger charge is 2.11. The number of ketones is 1. The summed E-state index contributed by atoms with van der Waals surface area (Å²) >= 11 is 0. The van der Waals surface area contributed by atoms with Gasteiger partial charge in [-0.15, -0.1) is 0 Å². The molecule has 0 spiro atoms. The molecule has 0 radical (unpaired) electrons. The predicted molar refractivity (Wildman–Crippen MR) is 76.8 cm³/mol. The van der Waals surface area contributed by atoms with E-state index in [9.17, 15) is 14.0 Å². The Hall–Kier alpha value is -2.49. The monoisotopic (exact) mass is 286 g/mol. The average molecular weight is 286 g/mol. The molecule has 108 valence electrons. The highest BCUT2D eigenvalue weighted by molar-refractivity contribution is 5.97. The van der Waals surface area contributed by atoms with Crippen LogP contribution in [0.4, 0.5) is 4.39 Å². The van der Waals surface area contributed by atoms with Crippen molar-refractivity contribution in [3.05, 3.63) is 65.5 Å². The predicted octanol–water partition coefficient (Wildman–Crippen LogP) is 3.70. The molecule has 0 aliphatic rings. The first-order chi connectivity index (χ1) is 10.0. The lowest BCUT2D eigenvalue weighted by molar-refractivity contribution is -0.134. The maximum atomic E-state index is 12.8. The minimum Gasteiger partial charge on any atom is -0.427 e. The summed E-state index contributed by atoms with van der Waals surface area (Å²) < 4.78 is 17.9. The van der Waals surface area contributed by atoms with Crippen molar-refractivity contribution < 1.29 is 18.7 Å². The minimum absolute atomic E-state index is 0.00977. The maximum Gasteiger partial charge on any atom is 0.311 e. The normalized spacial score (nSPS) is 10.2. The molecule has 0 N–H and O–H groups in total. The molecule has 0 bridgehead atoms. The zero-order valence-corrected chi connectivity index (χ0v) is 11.6. The standard InChI is InChI=1S/C17H15FO3/c1-12-3-2-4-15(11-12)21-17(20)10-9-16(19)13-5-7-14(18)8-6-13/h2-8,11H,9-10H2,1H3. The fraction of sp³-hybridized carbons (Fsp3) is 0.176. The van der Waals surface area contributed by atoms with Crippen LogP contribution in [-0.2, 0) is 4.79 Å². The molecule has 2 aromatic rings. The third-order valence-electron chi connectivity index (χ3n) is 2.94. The van der Waals surface area contributed by atoms with Crippen molar-refractivity contribution in [3.63, 3.8) is 0 Å². The van der Waals surface area contributed by atoms with E-state index in [0.717, 1.165) is 5.56 Å². The van der Waals surface area contributed by atoms with Crippen LogP contribution in [0, 0.1) is 12.7 Å². The van der Waals surface area contributed by atoms with Crippen LogP contribution < -0.4 is 4.74 Å². The van der Waals surface area contributed by atoms with Crippen LogP contribution in [0.3, 0.4) is 0 Å². The summed E-state index contributed by atoms with van der Waals surface area (Å²) in [4.78, 5) is 23.5. The molecule has 0 aromatic heterocycles. The molecule has 0 heterocycles. The van der Waals surface area contributed by atoms with E-state index >= 15 is 0 Å². The molecule has 0 aliphatic heterocycles. The first-order valence-electron chi connectivity index (χ1n) is 6.61. The second kappa shape index (κ2) is 6.79. The fourth-order valence-corrected chi connectivity index (χ4v) is 1.86. The van der Waals surface area contributed by atoms with Crippen molar-refractivity contribution in [3.8, 4) is 5.75 Å². The summed E-state index contributed by atoms with van der Waals surface area (Å²) in [6.07, 6.45) is 0.0282. The van der Waals surface area contributed by atoms with E-state index in [-0.39, 0.29) is 18.6 Å². The number of carbonyl (C=O) groups is 2. The van der Waals surface area contributed by atoms with Crippen molar-refractivity contribution in [1.29, 1.82) is 0 Å². The topological polar surface area (TPSA) is 43.4 Å². The molecule has 4 heteroatoms. The second-order valence-corrected chi connectivity index (χ2v) is 4.72. The minimum atomic E-state index is -0.462. The Balaban J connectivity index is 1.86. The number of carbonyl (C=O) groups excluding carboxylic acids is 2. The number of esters is 1. The number of hydrogen-bond acceptors (Lipinski definition) is 3. The molecule has 0 saturated carbocycles.